The van der Waals surface area contributed by atoms with Crippen molar-refractivity contribution >= 4 is 5.91 Å². The number of carbonyl (C=O) groups excluding carboxylic acids is 1. The van der Waals surface area contributed by atoms with Crippen molar-refractivity contribution in [2.24, 2.45) is 0 Å². The molecule has 134 valence electrons. The molecule has 0 saturated heterocycles. The van der Waals surface area contributed by atoms with Crippen LogP contribution in [0.15, 0.2) is 54.9 Å². The van der Waals surface area contributed by atoms with E-state index in [1.54, 1.807) is 0 Å². The van der Waals surface area contributed by atoms with E-state index in [9.17, 15) is 4.79 Å². The third-order valence-electron chi connectivity index (χ3n) is 5.21. The van der Waals surface area contributed by atoms with Gasteiger partial charge in [0.2, 0.25) is 0 Å². The molecule has 3 aromatic rings. The lowest BCUT2D eigenvalue weighted by Crippen LogP contribution is -2.25. The zero-order valence-electron chi connectivity index (χ0n) is 15.4. The second kappa shape index (κ2) is 6.87. The Hall–Kier alpha value is -2.75. The van der Waals surface area contributed by atoms with Crippen molar-refractivity contribution in [3.63, 3.8) is 0 Å². The average molecular weight is 347 g/mol. The van der Waals surface area contributed by atoms with Gasteiger partial charge in [0.15, 0.2) is 0 Å². The van der Waals surface area contributed by atoms with Gasteiger partial charge in [-0.3, -0.25) is 4.79 Å². The molecule has 4 nitrogen and oxygen atoms in total. The van der Waals surface area contributed by atoms with E-state index in [1.807, 2.05) is 53.4 Å². The van der Waals surface area contributed by atoms with Gasteiger partial charge >= 0.3 is 0 Å². The molecule has 1 N–H and O–H groups in total. The Balaban J connectivity index is 1.35. The van der Waals surface area contributed by atoms with Crippen LogP contribution in [0.3, 0.4) is 0 Å². The highest BCUT2D eigenvalue weighted by atomic mass is 16.1. The first-order valence-electron chi connectivity index (χ1n) is 9.32. The number of nitrogens with one attached hydrogen (secondary N) is 1. The fourth-order valence-electron chi connectivity index (χ4n) is 3.70. The summed E-state index contributed by atoms with van der Waals surface area (Å²) in [6, 6.07) is 14.6. The maximum absolute atomic E-state index is 12.4. The molecule has 0 unspecified atom stereocenters. The standard InChI is InChI=1S/C22H25N3O/c1-16-15-19(17(2)25(16)21-9-10-21)11-12-23-22(26)18-5-7-20(8-6-18)24-13-3-4-14-24/h3-8,13-15,21H,9-12H2,1-2H3,(H,23,26). The summed E-state index contributed by atoms with van der Waals surface area (Å²) < 4.78 is 4.48. The molecule has 1 saturated carbocycles. The number of aryl methyl sites for hydroxylation is 1. The normalized spacial score (nSPS) is 13.8. The van der Waals surface area contributed by atoms with Crippen LogP contribution in [0.4, 0.5) is 0 Å². The number of carbonyl (C=O) groups is 1. The van der Waals surface area contributed by atoms with Crippen molar-refractivity contribution in [2.75, 3.05) is 6.54 Å². The fraction of sp³-hybridized carbons (Fsp3) is 0.318. The van der Waals surface area contributed by atoms with E-state index in [0.29, 0.717) is 18.2 Å². The first kappa shape index (κ1) is 16.7. The molecule has 1 amide bonds. The molecule has 1 aliphatic carbocycles. The van der Waals surface area contributed by atoms with Crippen molar-refractivity contribution in [1.29, 1.82) is 0 Å². The van der Waals surface area contributed by atoms with Crippen molar-refractivity contribution in [3.05, 3.63) is 77.4 Å². The monoisotopic (exact) mass is 347 g/mol. The molecule has 2 heterocycles. The van der Waals surface area contributed by atoms with Crippen LogP contribution >= 0.6 is 0 Å². The molecule has 1 fully saturated rings. The first-order valence-corrected chi connectivity index (χ1v) is 9.32. The molecule has 0 atom stereocenters. The lowest BCUT2D eigenvalue weighted by molar-refractivity contribution is 0.0954. The molecule has 1 aliphatic rings. The summed E-state index contributed by atoms with van der Waals surface area (Å²) in [5.74, 6) is -0.0138. The number of rotatable bonds is 6. The van der Waals surface area contributed by atoms with E-state index in [2.05, 4.69) is 29.8 Å². The second-order valence-corrected chi connectivity index (χ2v) is 7.14. The predicted molar refractivity (Wildman–Crippen MR) is 104 cm³/mol. The van der Waals surface area contributed by atoms with Gasteiger partial charge in [0, 0.05) is 47.6 Å². The molecular weight excluding hydrogens is 322 g/mol. The van der Waals surface area contributed by atoms with E-state index in [1.165, 1.54) is 29.8 Å². The second-order valence-electron chi connectivity index (χ2n) is 7.14. The Morgan fingerprint density at radius 1 is 1.12 bits per heavy atom. The summed E-state index contributed by atoms with van der Waals surface area (Å²) in [7, 11) is 0. The molecule has 0 aliphatic heterocycles. The van der Waals surface area contributed by atoms with E-state index >= 15 is 0 Å². The topological polar surface area (TPSA) is 39.0 Å². The van der Waals surface area contributed by atoms with Gasteiger partial charge in [-0.15, -0.1) is 0 Å². The number of benzene rings is 1. The number of nitrogens with zero attached hydrogens (tertiary/aromatic N) is 2. The van der Waals surface area contributed by atoms with Crippen LogP contribution in [-0.4, -0.2) is 21.6 Å². The van der Waals surface area contributed by atoms with Crippen molar-refractivity contribution in [3.8, 4) is 5.69 Å². The van der Waals surface area contributed by atoms with Crippen LogP contribution in [0.1, 0.15) is 46.2 Å². The predicted octanol–water partition coefficient (Wildman–Crippen LogP) is 4.20. The fourth-order valence-corrected chi connectivity index (χ4v) is 3.70. The first-order chi connectivity index (χ1) is 12.6. The van der Waals surface area contributed by atoms with Crippen LogP contribution in [-0.2, 0) is 6.42 Å². The zero-order valence-corrected chi connectivity index (χ0v) is 15.4. The summed E-state index contributed by atoms with van der Waals surface area (Å²) in [6.45, 7) is 5.04. The Morgan fingerprint density at radius 3 is 2.46 bits per heavy atom. The maximum Gasteiger partial charge on any atom is 0.251 e. The van der Waals surface area contributed by atoms with Gasteiger partial charge in [-0.05, 0) is 81.1 Å². The lowest BCUT2D eigenvalue weighted by Gasteiger charge is -2.09. The SMILES string of the molecule is Cc1cc(CCNC(=O)c2ccc(-n3cccc3)cc2)c(C)n1C1CC1. The number of hydrogen-bond donors (Lipinski definition) is 1. The van der Waals surface area contributed by atoms with Crippen molar-refractivity contribution in [1.82, 2.24) is 14.5 Å². The van der Waals surface area contributed by atoms with Gasteiger partial charge in [-0.2, -0.15) is 0 Å². The maximum atomic E-state index is 12.4. The quantitative estimate of drug-likeness (QED) is 0.713. The molecule has 0 spiro atoms. The minimum Gasteiger partial charge on any atom is -0.352 e. The van der Waals surface area contributed by atoms with Crippen LogP contribution in [0.25, 0.3) is 5.69 Å². The van der Waals surface area contributed by atoms with Crippen LogP contribution < -0.4 is 5.32 Å². The van der Waals surface area contributed by atoms with E-state index in [0.717, 1.165) is 12.1 Å². The van der Waals surface area contributed by atoms with Crippen LogP contribution in [0, 0.1) is 13.8 Å². The zero-order chi connectivity index (χ0) is 18.1. The summed E-state index contributed by atoms with van der Waals surface area (Å²) in [6.07, 6.45) is 7.46. The smallest absolute Gasteiger partial charge is 0.251 e. The van der Waals surface area contributed by atoms with Gasteiger partial charge in [-0.25, -0.2) is 0 Å². The van der Waals surface area contributed by atoms with Crippen LogP contribution in [0.5, 0.6) is 0 Å². The van der Waals surface area contributed by atoms with E-state index < -0.39 is 0 Å². The number of amides is 1. The third-order valence-corrected chi connectivity index (χ3v) is 5.21. The van der Waals surface area contributed by atoms with Gasteiger partial charge in [0.1, 0.15) is 0 Å². The third kappa shape index (κ3) is 3.32. The molecule has 0 radical (unpaired) electrons. The largest absolute Gasteiger partial charge is 0.352 e. The molecule has 2 aromatic heterocycles. The lowest BCUT2D eigenvalue weighted by atomic mass is 10.1. The number of aromatic nitrogens is 2. The van der Waals surface area contributed by atoms with Gasteiger partial charge in [-0.1, -0.05) is 0 Å². The highest BCUT2D eigenvalue weighted by Crippen LogP contribution is 2.38. The molecule has 0 bridgehead atoms. The van der Waals surface area contributed by atoms with Crippen molar-refractivity contribution in [2.45, 2.75) is 39.2 Å². The van der Waals surface area contributed by atoms with Crippen LogP contribution in [0.2, 0.25) is 0 Å². The van der Waals surface area contributed by atoms with E-state index in [-0.39, 0.29) is 5.91 Å². The molecule has 4 rings (SSSR count). The van der Waals surface area contributed by atoms with Gasteiger partial charge in [0.25, 0.3) is 5.91 Å². The minimum absolute atomic E-state index is 0.0138. The molecule has 26 heavy (non-hydrogen) atoms. The van der Waals surface area contributed by atoms with Crippen molar-refractivity contribution < 1.29 is 4.79 Å². The Kier molecular flexibility index (Phi) is 4.41. The van der Waals surface area contributed by atoms with E-state index in [4.69, 9.17) is 0 Å². The van der Waals surface area contributed by atoms with Gasteiger partial charge < -0.3 is 14.5 Å². The molecular formula is C22H25N3O. The highest BCUT2D eigenvalue weighted by Gasteiger charge is 2.26. The highest BCUT2D eigenvalue weighted by molar-refractivity contribution is 5.94. The Morgan fingerprint density at radius 2 is 1.81 bits per heavy atom. The number of hydrogen-bond acceptors (Lipinski definition) is 1. The summed E-state index contributed by atoms with van der Waals surface area (Å²) in [4.78, 5) is 12.4. The summed E-state index contributed by atoms with van der Waals surface area (Å²) in [5.41, 5.74) is 5.79. The van der Waals surface area contributed by atoms with Gasteiger partial charge in [0.05, 0.1) is 0 Å². The summed E-state index contributed by atoms with van der Waals surface area (Å²) >= 11 is 0. The summed E-state index contributed by atoms with van der Waals surface area (Å²) in [5, 5.41) is 3.05. The minimum atomic E-state index is -0.0138. The Bertz CT molecular complexity index is 900. The Labute approximate surface area is 154 Å². The average Bonchev–Trinajstić information content (AvgIpc) is 3.23. The molecule has 4 heteroatoms. The molecule has 1 aromatic carbocycles.